The molecule has 0 bridgehead atoms. The van der Waals surface area contributed by atoms with E-state index in [4.69, 9.17) is 4.74 Å². The van der Waals surface area contributed by atoms with Crippen LogP contribution in [0.15, 0.2) is 18.2 Å². The molecule has 1 rings (SSSR count). The average Bonchev–Trinajstić information content (AvgIpc) is 2.14. The molecule has 0 aromatic heterocycles. The van der Waals surface area contributed by atoms with Crippen molar-refractivity contribution in [2.24, 2.45) is 0 Å². The highest BCUT2D eigenvalue weighted by atomic mass is 127. The Labute approximate surface area is 112 Å². The Morgan fingerprint density at radius 3 is 2.47 bits per heavy atom. The first kappa shape index (κ1) is 13.9. The van der Waals surface area contributed by atoms with Crippen molar-refractivity contribution in [2.75, 3.05) is 0 Å². The number of hydrogen-bond donors (Lipinski definition) is 0. The molecular weight excluding hydrogens is 337 g/mol. The summed E-state index contributed by atoms with van der Waals surface area (Å²) >= 11 is 1.85. The summed E-state index contributed by atoms with van der Waals surface area (Å²) in [5.41, 5.74) is -0.518. The Morgan fingerprint density at radius 2 is 2.00 bits per heavy atom. The Bertz CT molecular complexity index is 465. The minimum absolute atomic E-state index is 0.0889. The number of rotatable bonds is 2. The van der Waals surface area contributed by atoms with Gasteiger partial charge < -0.3 is 4.74 Å². The predicted molar refractivity (Wildman–Crippen MR) is 71.0 cm³/mol. The van der Waals surface area contributed by atoms with Crippen molar-refractivity contribution in [1.29, 1.82) is 0 Å². The van der Waals surface area contributed by atoms with E-state index in [2.05, 4.69) is 0 Å². The van der Waals surface area contributed by atoms with Crippen LogP contribution in [0, 0.1) is 13.7 Å². The molecule has 0 unspecified atom stereocenters. The molecule has 0 N–H and O–H groups in total. The van der Waals surface area contributed by atoms with Gasteiger partial charge in [-0.05, 0) is 55.5 Å². The lowest BCUT2D eigenvalue weighted by atomic mass is 10.1. The average molecular weight is 349 g/mol. The number of hydrogen-bond acceptors (Lipinski definition) is 4. The Kier molecular flexibility index (Phi) is 4.07. The lowest BCUT2D eigenvalue weighted by molar-refractivity contribution is -0.385. The van der Waals surface area contributed by atoms with Gasteiger partial charge in [-0.25, -0.2) is 4.79 Å². The van der Waals surface area contributed by atoms with E-state index in [1.807, 2.05) is 22.6 Å². The van der Waals surface area contributed by atoms with Gasteiger partial charge in [0.15, 0.2) is 0 Å². The zero-order chi connectivity index (χ0) is 13.2. The first-order chi connectivity index (χ1) is 7.70. The van der Waals surface area contributed by atoms with Crippen molar-refractivity contribution < 1.29 is 14.5 Å². The van der Waals surface area contributed by atoms with E-state index in [1.54, 1.807) is 20.8 Å². The molecule has 5 nitrogen and oxygen atoms in total. The molecule has 0 radical (unpaired) electrons. The number of nitrogens with zero attached hydrogens (tertiary/aromatic N) is 1. The van der Waals surface area contributed by atoms with Crippen molar-refractivity contribution in [3.63, 3.8) is 0 Å². The fraction of sp³-hybridized carbons (Fsp3) is 0.364. The Hall–Kier alpha value is -1.18. The highest BCUT2D eigenvalue weighted by Crippen LogP contribution is 2.23. The van der Waals surface area contributed by atoms with Gasteiger partial charge in [0.1, 0.15) is 5.60 Å². The SMILES string of the molecule is CC(C)(C)OC(=O)c1ccc(I)c([N+](=O)[O-])c1. The molecule has 0 saturated carbocycles. The minimum atomic E-state index is -0.616. The van der Waals surface area contributed by atoms with Crippen molar-refractivity contribution >= 4 is 34.2 Å². The molecule has 0 heterocycles. The predicted octanol–water partition coefficient (Wildman–Crippen LogP) is 3.15. The van der Waals surface area contributed by atoms with E-state index in [1.165, 1.54) is 18.2 Å². The van der Waals surface area contributed by atoms with Gasteiger partial charge >= 0.3 is 5.97 Å². The van der Waals surface area contributed by atoms with E-state index in [-0.39, 0.29) is 11.3 Å². The van der Waals surface area contributed by atoms with Gasteiger partial charge in [0.2, 0.25) is 0 Å². The molecule has 17 heavy (non-hydrogen) atoms. The first-order valence-electron chi connectivity index (χ1n) is 4.88. The van der Waals surface area contributed by atoms with Crippen molar-refractivity contribution in [3.05, 3.63) is 37.4 Å². The van der Waals surface area contributed by atoms with Crippen LogP contribution in [-0.4, -0.2) is 16.5 Å². The lowest BCUT2D eigenvalue weighted by Gasteiger charge is -2.19. The maximum atomic E-state index is 11.7. The van der Waals surface area contributed by atoms with Gasteiger partial charge in [-0.1, -0.05) is 0 Å². The largest absolute Gasteiger partial charge is 0.456 e. The third kappa shape index (κ3) is 3.95. The highest BCUT2D eigenvalue weighted by molar-refractivity contribution is 14.1. The lowest BCUT2D eigenvalue weighted by Crippen LogP contribution is -2.23. The second-order valence-corrected chi connectivity index (χ2v) is 5.59. The summed E-state index contributed by atoms with van der Waals surface area (Å²) in [6, 6.07) is 4.27. The number of nitro groups is 1. The number of benzene rings is 1. The topological polar surface area (TPSA) is 69.4 Å². The third-order valence-electron chi connectivity index (χ3n) is 1.78. The zero-order valence-electron chi connectivity index (χ0n) is 9.69. The van der Waals surface area contributed by atoms with Gasteiger partial charge in [-0.15, -0.1) is 0 Å². The smallest absolute Gasteiger partial charge is 0.338 e. The molecule has 0 amide bonds. The van der Waals surface area contributed by atoms with Gasteiger partial charge in [0, 0.05) is 6.07 Å². The summed E-state index contributed by atoms with van der Waals surface area (Å²) in [5, 5.41) is 10.7. The molecule has 1 aromatic rings. The zero-order valence-corrected chi connectivity index (χ0v) is 11.8. The second kappa shape index (κ2) is 4.99. The van der Waals surface area contributed by atoms with Crippen LogP contribution in [0.25, 0.3) is 0 Å². The van der Waals surface area contributed by atoms with E-state index < -0.39 is 16.5 Å². The molecule has 0 fully saturated rings. The number of halogens is 1. The maximum Gasteiger partial charge on any atom is 0.338 e. The Morgan fingerprint density at radius 1 is 1.41 bits per heavy atom. The monoisotopic (exact) mass is 349 g/mol. The molecular formula is C11H12INO4. The third-order valence-corrected chi connectivity index (χ3v) is 2.69. The maximum absolute atomic E-state index is 11.7. The minimum Gasteiger partial charge on any atom is -0.456 e. The second-order valence-electron chi connectivity index (χ2n) is 4.43. The standard InChI is InChI=1S/C11H12INO4/c1-11(2,3)17-10(14)7-4-5-8(12)9(6-7)13(15)16/h4-6H,1-3H3. The summed E-state index contributed by atoms with van der Waals surface area (Å²) in [6.07, 6.45) is 0. The van der Waals surface area contributed by atoms with Crippen LogP contribution in [0.4, 0.5) is 5.69 Å². The summed E-state index contributed by atoms with van der Waals surface area (Å²) < 4.78 is 5.62. The van der Waals surface area contributed by atoms with Crippen LogP contribution < -0.4 is 0 Å². The van der Waals surface area contributed by atoms with Crippen molar-refractivity contribution in [1.82, 2.24) is 0 Å². The fourth-order valence-electron chi connectivity index (χ4n) is 1.12. The summed E-state index contributed by atoms with van der Waals surface area (Å²) in [7, 11) is 0. The van der Waals surface area contributed by atoms with E-state index in [0.29, 0.717) is 3.57 Å². The molecule has 0 spiro atoms. The van der Waals surface area contributed by atoms with Gasteiger partial charge in [0.25, 0.3) is 5.69 Å². The van der Waals surface area contributed by atoms with E-state index in [0.717, 1.165) is 0 Å². The van der Waals surface area contributed by atoms with Gasteiger partial charge in [0.05, 0.1) is 14.1 Å². The van der Waals surface area contributed by atoms with E-state index >= 15 is 0 Å². The summed E-state index contributed by atoms with van der Waals surface area (Å²) in [4.78, 5) is 21.9. The molecule has 0 aliphatic carbocycles. The van der Waals surface area contributed by atoms with Crippen molar-refractivity contribution in [3.8, 4) is 0 Å². The Balaban J connectivity index is 3.04. The molecule has 0 atom stereocenters. The number of ether oxygens (including phenoxy) is 1. The van der Waals surface area contributed by atoms with Crippen LogP contribution >= 0.6 is 22.6 Å². The first-order valence-corrected chi connectivity index (χ1v) is 5.96. The van der Waals surface area contributed by atoms with Gasteiger partial charge in [-0.2, -0.15) is 0 Å². The molecule has 6 heteroatoms. The summed E-state index contributed by atoms with van der Waals surface area (Å²) in [5.74, 6) is -0.558. The fourth-order valence-corrected chi connectivity index (χ4v) is 1.65. The molecule has 1 aromatic carbocycles. The molecule has 0 saturated heterocycles. The van der Waals surface area contributed by atoms with Crippen LogP contribution in [0.3, 0.4) is 0 Å². The van der Waals surface area contributed by atoms with Crippen LogP contribution in [0.5, 0.6) is 0 Å². The van der Waals surface area contributed by atoms with Gasteiger partial charge in [-0.3, -0.25) is 10.1 Å². The number of carbonyl (C=O) groups excluding carboxylic acids is 1. The quantitative estimate of drug-likeness (QED) is 0.356. The number of nitro benzene ring substituents is 1. The number of esters is 1. The highest BCUT2D eigenvalue weighted by Gasteiger charge is 2.21. The summed E-state index contributed by atoms with van der Waals surface area (Å²) in [6.45, 7) is 5.23. The molecule has 92 valence electrons. The van der Waals surface area contributed by atoms with E-state index in [9.17, 15) is 14.9 Å². The molecule has 0 aliphatic heterocycles. The van der Waals surface area contributed by atoms with Crippen molar-refractivity contribution in [2.45, 2.75) is 26.4 Å². The number of carbonyl (C=O) groups is 1. The normalized spacial score (nSPS) is 11.1. The van der Waals surface area contributed by atoms with Crippen LogP contribution in [-0.2, 0) is 4.74 Å². The van der Waals surface area contributed by atoms with Crippen LogP contribution in [0.2, 0.25) is 0 Å². The van der Waals surface area contributed by atoms with Crippen LogP contribution in [0.1, 0.15) is 31.1 Å². The molecule has 0 aliphatic rings.